The summed E-state index contributed by atoms with van der Waals surface area (Å²) in [6.45, 7) is 4.15. The summed E-state index contributed by atoms with van der Waals surface area (Å²) < 4.78 is 0. The molecule has 0 spiro atoms. The highest BCUT2D eigenvalue weighted by molar-refractivity contribution is 5.63. The molecule has 1 aromatic carbocycles. The van der Waals surface area contributed by atoms with Gasteiger partial charge in [0, 0.05) is 12.1 Å². The van der Waals surface area contributed by atoms with Crippen LogP contribution in [0.4, 0.5) is 11.4 Å². The zero-order valence-corrected chi connectivity index (χ0v) is 10.3. The normalized spacial score (nSPS) is 23.6. The summed E-state index contributed by atoms with van der Waals surface area (Å²) in [5.74, 6) is 0.593. The minimum atomic E-state index is -0.318. The van der Waals surface area contributed by atoms with E-state index in [4.69, 9.17) is 0 Å². The molecule has 4 heteroatoms. The van der Waals surface area contributed by atoms with Gasteiger partial charge in [0.1, 0.15) is 5.69 Å². The molecule has 0 bridgehead atoms. The summed E-state index contributed by atoms with van der Waals surface area (Å²) in [7, 11) is 0. The van der Waals surface area contributed by atoms with E-state index >= 15 is 0 Å². The van der Waals surface area contributed by atoms with Crippen molar-refractivity contribution in [2.75, 3.05) is 5.32 Å². The third-order valence-electron chi connectivity index (χ3n) is 3.55. The lowest BCUT2D eigenvalue weighted by molar-refractivity contribution is -0.384. The van der Waals surface area contributed by atoms with Crippen LogP contribution in [-0.2, 0) is 0 Å². The number of anilines is 1. The molecule has 92 valence electrons. The maximum absolute atomic E-state index is 11.0. The molecule has 4 nitrogen and oxygen atoms in total. The van der Waals surface area contributed by atoms with Crippen molar-refractivity contribution in [1.82, 2.24) is 0 Å². The van der Waals surface area contributed by atoms with Gasteiger partial charge >= 0.3 is 0 Å². The monoisotopic (exact) mass is 234 g/mol. The topological polar surface area (TPSA) is 55.2 Å². The van der Waals surface area contributed by atoms with Crippen molar-refractivity contribution >= 4 is 11.4 Å². The Hall–Kier alpha value is -1.58. The van der Waals surface area contributed by atoms with Gasteiger partial charge in [-0.1, -0.05) is 19.4 Å². The van der Waals surface area contributed by atoms with E-state index in [0.29, 0.717) is 17.6 Å². The molecule has 0 amide bonds. The molecule has 1 fully saturated rings. The lowest BCUT2D eigenvalue weighted by atomic mass is 10.1. The predicted octanol–water partition coefficient (Wildman–Crippen LogP) is 3.50. The van der Waals surface area contributed by atoms with Crippen molar-refractivity contribution in [3.05, 3.63) is 33.9 Å². The lowest BCUT2D eigenvalue weighted by Gasteiger charge is -2.18. The zero-order valence-electron chi connectivity index (χ0n) is 10.3. The summed E-state index contributed by atoms with van der Waals surface area (Å²) in [6, 6.07) is 5.59. The highest BCUT2D eigenvalue weighted by atomic mass is 16.6. The Kier molecular flexibility index (Phi) is 3.31. The molecule has 0 saturated heterocycles. The SMILES string of the molecule is Cc1ccc([N+](=O)[O-])c(NC2CCCC2C)c1. The van der Waals surface area contributed by atoms with Crippen molar-refractivity contribution in [2.24, 2.45) is 5.92 Å². The second-order valence-electron chi connectivity index (χ2n) is 4.94. The van der Waals surface area contributed by atoms with Gasteiger partial charge in [-0.3, -0.25) is 10.1 Å². The lowest BCUT2D eigenvalue weighted by Crippen LogP contribution is -2.22. The number of hydrogen-bond donors (Lipinski definition) is 1. The molecular weight excluding hydrogens is 216 g/mol. The van der Waals surface area contributed by atoms with Gasteiger partial charge in [0.25, 0.3) is 5.69 Å². The maximum Gasteiger partial charge on any atom is 0.292 e. The van der Waals surface area contributed by atoms with Gasteiger partial charge in [-0.25, -0.2) is 0 Å². The molecule has 0 aromatic heterocycles. The first-order valence-electron chi connectivity index (χ1n) is 6.09. The second-order valence-corrected chi connectivity index (χ2v) is 4.94. The number of nitro groups is 1. The van der Waals surface area contributed by atoms with E-state index in [1.165, 1.54) is 12.8 Å². The second kappa shape index (κ2) is 4.73. The Bertz CT molecular complexity index is 431. The molecular formula is C13H18N2O2. The molecule has 2 rings (SSSR count). The Labute approximate surface area is 101 Å². The first-order valence-corrected chi connectivity index (χ1v) is 6.09. The van der Waals surface area contributed by atoms with Gasteiger partial charge in [0.2, 0.25) is 0 Å². The fourth-order valence-corrected chi connectivity index (χ4v) is 2.48. The van der Waals surface area contributed by atoms with Crippen LogP contribution in [0.15, 0.2) is 18.2 Å². The molecule has 1 aliphatic rings. The van der Waals surface area contributed by atoms with Crippen molar-refractivity contribution in [2.45, 2.75) is 39.2 Å². The van der Waals surface area contributed by atoms with Crippen LogP contribution >= 0.6 is 0 Å². The molecule has 1 aromatic rings. The van der Waals surface area contributed by atoms with Crippen molar-refractivity contribution < 1.29 is 4.92 Å². The van der Waals surface area contributed by atoms with Crippen LogP contribution in [0, 0.1) is 23.0 Å². The van der Waals surface area contributed by atoms with Gasteiger partial charge < -0.3 is 5.32 Å². The van der Waals surface area contributed by atoms with Crippen LogP contribution in [0.3, 0.4) is 0 Å². The molecule has 1 saturated carbocycles. The number of nitrogens with zero attached hydrogens (tertiary/aromatic N) is 1. The van der Waals surface area contributed by atoms with E-state index in [0.717, 1.165) is 12.0 Å². The zero-order chi connectivity index (χ0) is 12.4. The van der Waals surface area contributed by atoms with Gasteiger partial charge in [0.05, 0.1) is 4.92 Å². The van der Waals surface area contributed by atoms with Crippen LogP contribution in [-0.4, -0.2) is 11.0 Å². The first-order chi connectivity index (χ1) is 8.08. The van der Waals surface area contributed by atoms with Crippen LogP contribution in [0.25, 0.3) is 0 Å². The van der Waals surface area contributed by atoms with Crippen LogP contribution in [0.5, 0.6) is 0 Å². The van der Waals surface area contributed by atoms with Gasteiger partial charge in [-0.15, -0.1) is 0 Å². The minimum Gasteiger partial charge on any atom is -0.376 e. The van der Waals surface area contributed by atoms with E-state index in [1.54, 1.807) is 12.1 Å². The summed E-state index contributed by atoms with van der Waals surface area (Å²) in [4.78, 5) is 10.6. The van der Waals surface area contributed by atoms with Crippen molar-refractivity contribution in [1.29, 1.82) is 0 Å². The quantitative estimate of drug-likeness (QED) is 0.643. The molecule has 0 radical (unpaired) electrons. The van der Waals surface area contributed by atoms with E-state index in [-0.39, 0.29) is 10.6 Å². The third-order valence-corrected chi connectivity index (χ3v) is 3.55. The molecule has 2 unspecified atom stereocenters. The standard InChI is InChI=1S/C13H18N2O2/c1-9-6-7-13(15(16)17)12(8-9)14-11-5-3-4-10(11)2/h6-8,10-11,14H,3-5H2,1-2H3. The van der Waals surface area contributed by atoms with Crippen molar-refractivity contribution in [3.63, 3.8) is 0 Å². The Morgan fingerprint density at radius 3 is 2.76 bits per heavy atom. The fraction of sp³-hybridized carbons (Fsp3) is 0.538. The average molecular weight is 234 g/mol. The highest BCUT2D eigenvalue weighted by Gasteiger charge is 2.25. The highest BCUT2D eigenvalue weighted by Crippen LogP contribution is 2.32. The predicted molar refractivity (Wildman–Crippen MR) is 68.3 cm³/mol. The molecule has 2 atom stereocenters. The minimum absolute atomic E-state index is 0.176. The van der Waals surface area contributed by atoms with Crippen LogP contribution in [0.1, 0.15) is 31.7 Å². The number of aryl methyl sites for hydroxylation is 1. The Balaban J connectivity index is 2.24. The summed E-state index contributed by atoms with van der Waals surface area (Å²) in [6.07, 6.45) is 3.52. The fourth-order valence-electron chi connectivity index (χ4n) is 2.48. The number of nitro benzene ring substituents is 1. The van der Waals surface area contributed by atoms with E-state index in [2.05, 4.69) is 12.2 Å². The summed E-state index contributed by atoms with van der Waals surface area (Å²) in [5.41, 5.74) is 1.88. The molecule has 1 aliphatic carbocycles. The van der Waals surface area contributed by atoms with Crippen LogP contribution in [0.2, 0.25) is 0 Å². The van der Waals surface area contributed by atoms with E-state index in [9.17, 15) is 10.1 Å². The first kappa shape index (κ1) is 11.9. The van der Waals surface area contributed by atoms with E-state index < -0.39 is 0 Å². The maximum atomic E-state index is 11.0. The largest absolute Gasteiger partial charge is 0.376 e. The van der Waals surface area contributed by atoms with Crippen LogP contribution < -0.4 is 5.32 Å². The van der Waals surface area contributed by atoms with Gasteiger partial charge in [0.15, 0.2) is 0 Å². The van der Waals surface area contributed by atoms with E-state index in [1.807, 2.05) is 13.0 Å². The number of hydrogen-bond acceptors (Lipinski definition) is 3. The third kappa shape index (κ3) is 2.57. The summed E-state index contributed by atoms with van der Waals surface area (Å²) in [5, 5.41) is 14.3. The number of benzene rings is 1. The Morgan fingerprint density at radius 1 is 1.41 bits per heavy atom. The van der Waals surface area contributed by atoms with Crippen molar-refractivity contribution in [3.8, 4) is 0 Å². The molecule has 1 N–H and O–H groups in total. The number of rotatable bonds is 3. The van der Waals surface area contributed by atoms with Gasteiger partial charge in [-0.2, -0.15) is 0 Å². The summed E-state index contributed by atoms with van der Waals surface area (Å²) >= 11 is 0. The number of nitrogens with one attached hydrogen (secondary N) is 1. The molecule has 0 aliphatic heterocycles. The molecule has 17 heavy (non-hydrogen) atoms. The van der Waals surface area contributed by atoms with Gasteiger partial charge in [-0.05, 0) is 37.3 Å². The Morgan fingerprint density at radius 2 is 2.18 bits per heavy atom. The smallest absolute Gasteiger partial charge is 0.292 e. The molecule has 0 heterocycles. The average Bonchev–Trinajstić information content (AvgIpc) is 2.64.